The second-order valence-corrected chi connectivity index (χ2v) is 5.60. The average Bonchev–Trinajstić information content (AvgIpc) is 2.99. The molecule has 1 N–H and O–H groups in total. The van der Waals surface area contributed by atoms with Crippen molar-refractivity contribution in [3.05, 3.63) is 64.8 Å². The first-order valence-electron chi connectivity index (χ1n) is 7.62. The lowest BCUT2D eigenvalue weighted by molar-refractivity contribution is -0.137. The third-order valence-corrected chi connectivity index (χ3v) is 3.91. The van der Waals surface area contributed by atoms with Crippen LogP contribution in [0.25, 0.3) is 10.9 Å². The molecule has 0 bridgehead atoms. The van der Waals surface area contributed by atoms with Crippen LogP contribution in [0.3, 0.4) is 0 Å². The highest BCUT2D eigenvalue weighted by molar-refractivity contribution is 6.03. The van der Waals surface area contributed by atoms with Gasteiger partial charge < -0.3 is 5.11 Å². The van der Waals surface area contributed by atoms with E-state index >= 15 is 0 Å². The number of aromatic carboxylic acids is 1. The molecule has 7 heteroatoms. The van der Waals surface area contributed by atoms with Gasteiger partial charge in [0.25, 0.3) is 0 Å². The van der Waals surface area contributed by atoms with Crippen LogP contribution in [0.4, 0.5) is 13.2 Å². The van der Waals surface area contributed by atoms with E-state index in [1.54, 1.807) is 13.0 Å². The Hall–Kier alpha value is -3.27. The first kappa shape index (κ1) is 17.5. The summed E-state index contributed by atoms with van der Waals surface area (Å²) in [6.45, 7) is 1.81. The Kier molecular flexibility index (Phi) is 4.43. The third kappa shape index (κ3) is 3.26. The van der Waals surface area contributed by atoms with Crippen molar-refractivity contribution in [2.45, 2.75) is 19.6 Å². The van der Waals surface area contributed by atoms with Gasteiger partial charge in [-0.3, -0.25) is 4.68 Å². The molecule has 26 heavy (non-hydrogen) atoms. The first-order valence-corrected chi connectivity index (χ1v) is 7.62. The van der Waals surface area contributed by atoms with Gasteiger partial charge in [-0.1, -0.05) is 18.1 Å². The molecule has 4 nitrogen and oxygen atoms in total. The van der Waals surface area contributed by atoms with Gasteiger partial charge in [0.05, 0.1) is 29.4 Å². The van der Waals surface area contributed by atoms with Crippen LogP contribution < -0.4 is 0 Å². The minimum absolute atomic E-state index is 0.0612. The van der Waals surface area contributed by atoms with Crippen molar-refractivity contribution in [1.82, 2.24) is 9.78 Å². The number of carbonyl (C=O) groups is 1. The number of carboxylic acids is 1. The van der Waals surface area contributed by atoms with Crippen LogP contribution in [-0.4, -0.2) is 20.9 Å². The lowest BCUT2D eigenvalue weighted by Crippen LogP contribution is -2.08. The molecule has 0 fully saturated rings. The molecule has 0 aliphatic heterocycles. The summed E-state index contributed by atoms with van der Waals surface area (Å²) in [4.78, 5) is 11.5. The Bertz CT molecular complexity index is 1040. The number of aromatic nitrogens is 2. The highest BCUT2D eigenvalue weighted by Crippen LogP contribution is 2.29. The van der Waals surface area contributed by atoms with Gasteiger partial charge in [0, 0.05) is 10.9 Å². The van der Waals surface area contributed by atoms with Crippen molar-refractivity contribution in [3.63, 3.8) is 0 Å². The number of rotatable bonds is 3. The quantitative estimate of drug-likeness (QED) is 0.715. The maximum absolute atomic E-state index is 12.7. The Labute approximate surface area is 146 Å². The Balaban J connectivity index is 2.06. The van der Waals surface area contributed by atoms with Gasteiger partial charge in [-0.05, 0) is 36.8 Å². The standard InChI is InChI=1S/C19H13F3N2O2/c1-2-3-13-6-9-15(18(25)26)17-16(13)10-23-24(17)11-12-4-7-14(8-5-12)19(20,21)22/h4-10H,11H2,1H3,(H,25,26). The van der Waals surface area contributed by atoms with Crippen LogP contribution >= 0.6 is 0 Å². The number of halogens is 3. The molecule has 1 aromatic heterocycles. The van der Waals surface area contributed by atoms with Gasteiger partial charge in [-0.2, -0.15) is 18.3 Å². The molecule has 0 aliphatic rings. The van der Waals surface area contributed by atoms with E-state index in [0.717, 1.165) is 12.1 Å². The molecular weight excluding hydrogens is 345 g/mol. The SMILES string of the molecule is CC#Cc1ccc(C(=O)O)c2c1cnn2Cc1ccc(C(F)(F)F)cc1. The Morgan fingerprint density at radius 1 is 1.19 bits per heavy atom. The largest absolute Gasteiger partial charge is 0.478 e. The average molecular weight is 358 g/mol. The second kappa shape index (κ2) is 6.56. The summed E-state index contributed by atoms with van der Waals surface area (Å²) in [5, 5.41) is 14.2. The number of hydrogen-bond acceptors (Lipinski definition) is 2. The van der Waals surface area contributed by atoms with E-state index in [1.165, 1.54) is 29.1 Å². The highest BCUT2D eigenvalue weighted by Gasteiger charge is 2.30. The molecule has 3 aromatic rings. The van der Waals surface area contributed by atoms with Crippen LogP contribution in [0.2, 0.25) is 0 Å². The van der Waals surface area contributed by atoms with Crippen molar-refractivity contribution >= 4 is 16.9 Å². The molecule has 0 unspecified atom stereocenters. The van der Waals surface area contributed by atoms with Gasteiger partial charge in [0.2, 0.25) is 0 Å². The molecular formula is C19H13F3N2O2. The molecule has 0 aliphatic carbocycles. The van der Waals surface area contributed by atoms with E-state index in [1.807, 2.05) is 0 Å². The van der Waals surface area contributed by atoms with Gasteiger partial charge in [-0.25, -0.2) is 4.79 Å². The van der Waals surface area contributed by atoms with Crippen LogP contribution in [0.15, 0.2) is 42.6 Å². The second-order valence-electron chi connectivity index (χ2n) is 5.60. The number of carboxylic acid groups (broad SMARTS) is 1. The van der Waals surface area contributed by atoms with Crippen LogP contribution in [0, 0.1) is 11.8 Å². The van der Waals surface area contributed by atoms with Crippen LogP contribution in [-0.2, 0) is 12.7 Å². The summed E-state index contributed by atoms with van der Waals surface area (Å²) in [6, 6.07) is 7.76. The zero-order chi connectivity index (χ0) is 18.9. The molecule has 3 rings (SSSR count). The smallest absolute Gasteiger partial charge is 0.416 e. The number of alkyl halides is 3. The molecule has 0 atom stereocenters. The topological polar surface area (TPSA) is 55.1 Å². The van der Waals surface area contributed by atoms with Crippen LogP contribution in [0.5, 0.6) is 0 Å². The number of hydrogen-bond donors (Lipinski definition) is 1. The normalized spacial score (nSPS) is 11.2. The highest BCUT2D eigenvalue weighted by atomic mass is 19.4. The summed E-state index contributed by atoms with van der Waals surface area (Å²) >= 11 is 0. The summed E-state index contributed by atoms with van der Waals surface area (Å²) in [5.74, 6) is 4.55. The van der Waals surface area contributed by atoms with Crippen molar-refractivity contribution in [2.75, 3.05) is 0 Å². The molecule has 0 saturated carbocycles. The lowest BCUT2D eigenvalue weighted by atomic mass is 10.1. The van der Waals surface area contributed by atoms with Gasteiger partial charge in [0.1, 0.15) is 0 Å². The van der Waals surface area contributed by atoms with E-state index in [4.69, 9.17) is 0 Å². The Morgan fingerprint density at radius 3 is 2.46 bits per heavy atom. The predicted molar refractivity (Wildman–Crippen MR) is 89.8 cm³/mol. The van der Waals surface area contributed by atoms with E-state index in [2.05, 4.69) is 16.9 Å². The third-order valence-electron chi connectivity index (χ3n) is 3.91. The van der Waals surface area contributed by atoms with Crippen molar-refractivity contribution in [3.8, 4) is 11.8 Å². The summed E-state index contributed by atoms with van der Waals surface area (Å²) in [6.07, 6.45) is -2.88. The van der Waals surface area contributed by atoms with Gasteiger partial charge in [-0.15, -0.1) is 5.92 Å². The van der Waals surface area contributed by atoms with Gasteiger partial charge in [0.15, 0.2) is 0 Å². The summed E-state index contributed by atoms with van der Waals surface area (Å²) < 4.78 is 39.5. The van der Waals surface area contributed by atoms with Crippen molar-refractivity contribution in [2.24, 2.45) is 0 Å². The fraction of sp³-hybridized carbons (Fsp3) is 0.158. The molecule has 132 valence electrons. The Morgan fingerprint density at radius 2 is 1.88 bits per heavy atom. The predicted octanol–water partition coefficient (Wildman–Crippen LogP) is 4.17. The molecule has 0 radical (unpaired) electrons. The maximum Gasteiger partial charge on any atom is 0.416 e. The molecule has 2 aromatic carbocycles. The lowest BCUT2D eigenvalue weighted by Gasteiger charge is -2.09. The first-order chi connectivity index (χ1) is 12.3. The van der Waals surface area contributed by atoms with Crippen molar-refractivity contribution in [1.29, 1.82) is 0 Å². The molecule has 0 saturated heterocycles. The van der Waals surface area contributed by atoms with E-state index in [0.29, 0.717) is 22.0 Å². The molecule has 0 amide bonds. The maximum atomic E-state index is 12.7. The zero-order valence-electron chi connectivity index (χ0n) is 13.6. The minimum Gasteiger partial charge on any atom is -0.478 e. The minimum atomic E-state index is -4.40. The van der Waals surface area contributed by atoms with E-state index in [9.17, 15) is 23.1 Å². The number of nitrogens with zero attached hydrogens (tertiary/aromatic N) is 2. The van der Waals surface area contributed by atoms with Gasteiger partial charge >= 0.3 is 12.1 Å². The van der Waals surface area contributed by atoms with Crippen molar-refractivity contribution < 1.29 is 23.1 Å². The van der Waals surface area contributed by atoms with Crippen LogP contribution in [0.1, 0.15) is 34.0 Å². The fourth-order valence-electron chi connectivity index (χ4n) is 2.71. The number of fused-ring (bicyclic) bond motifs is 1. The number of benzene rings is 2. The summed E-state index contributed by atoms with van der Waals surface area (Å²) in [7, 11) is 0. The zero-order valence-corrected chi connectivity index (χ0v) is 13.6. The van der Waals surface area contributed by atoms with E-state index in [-0.39, 0.29) is 12.1 Å². The van der Waals surface area contributed by atoms with E-state index < -0.39 is 17.7 Å². The fourth-order valence-corrected chi connectivity index (χ4v) is 2.71. The summed E-state index contributed by atoms with van der Waals surface area (Å²) in [5.41, 5.74) is 0.930. The molecule has 1 heterocycles. The molecule has 0 spiro atoms. The monoisotopic (exact) mass is 358 g/mol.